The molecule has 2 aliphatic rings. The third kappa shape index (κ3) is 5.54. The lowest BCUT2D eigenvalue weighted by molar-refractivity contribution is 0.0977. The van der Waals surface area contributed by atoms with Gasteiger partial charge in [0.1, 0.15) is 5.15 Å². The summed E-state index contributed by atoms with van der Waals surface area (Å²) < 4.78 is 27.0. The van der Waals surface area contributed by atoms with Crippen molar-refractivity contribution in [2.24, 2.45) is 7.05 Å². The number of benzene rings is 1. The highest BCUT2D eigenvalue weighted by atomic mass is 35.5. The van der Waals surface area contributed by atoms with Crippen LogP contribution in [0.5, 0.6) is 0 Å². The molecule has 2 bridgehead atoms. The molecule has 2 fully saturated rings. The molecule has 0 saturated carbocycles. The van der Waals surface area contributed by atoms with Gasteiger partial charge in [-0.1, -0.05) is 17.7 Å². The van der Waals surface area contributed by atoms with Crippen LogP contribution in [0.1, 0.15) is 46.6 Å². The molecule has 15 heteroatoms. The van der Waals surface area contributed by atoms with Gasteiger partial charge in [0.15, 0.2) is 5.69 Å². The first-order valence-corrected chi connectivity index (χ1v) is 16.3. The molecule has 4 aromatic rings. The summed E-state index contributed by atoms with van der Waals surface area (Å²) in [6.45, 7) is 7.14. The molecule has 2 saturated heterocycles. The zero-order chi connectivity index (χ0) is 31.5. The van der Waals surface area contributed by atoms with E-state index in [1.165, 1.54) is 6.07 Å². The van der Waals surface area contributed by atoms with Crippen LogP contribution >= 0.6 is 11.6 Å². The Balaban J connectivity index is 1.35. The topological polar surface area (TPSA) is 155 Å². The minimum atomic E-state index is -3.83. The van der Waals surface area contributed by atoms with Gasteiger partial charge in [-0.15, -0.1) is 0 Å². The standard InChI is InChI=1S/C29H32ClN9O4S/c1-15-8-20(17(3)33-22-6-7-23(30)34-25(22)26(40)36-44(5,42)43)24-21(9-15)27(41)37(4)29(35-24)39-14-18-10-19(39)13-38(18)28-31-11-16(2)12-32-28/h6-9,11-12,17-19,33H,10,13-14H2,1-5H3,(H,36,40)/t17-,18-,19-/m1/s1. The van der Waals surface area contributed by atoms with Gasteiger partial charge in [0.05, 0.1) is 41.0 Å². The predicted octanol–water partition coefficient (Wildman–Crippen LogP) is 2.72. The number of piperazine rings is 1. The number of carbonyl (C=O) groups is 1. The van der Waals surface area contributed by atoms with E-state index in [9.17, 15) is 18.0 Å². The van der Waals surface area contributed by atoms with E-state index in [1.807, 2.05) is 50.0 Å². The van der Waals surface area contributed by atoms with Gasteiger partial charge in [-0.05, 0) is 56.5 Å². The molecule has 6 rings (SSSR count). The first-order valence-electron chi connectivity index (χ1n) is 14.1. The number of pyridine rings is 1. The minimum absolute atomic E-state index is 0.0325. The molecular weight excluding hydrogens is 606 g/mol. The highest BCUT2D eigenvalue weighted by molar-refractivity contribution is 7.89. The zero-order valence-electron chi connectivity index (χ0n) is 24.9. The van der Waals surface area contributed by atoms with Crippen molar-refractivity contribution in [1.82, 2.24) is 29.2 Å². The first kappa shape index (κ1) is 29.8. The maximum atomic E-state index is 13.7. The molecule has 5 heterocycles. The summed E-state index contributed by atoms with van der Waals surface area (Å²) in [6, 6.07) is 6.71. The lowest BCUT2D eigenvalue weighted by Gasteiger charge is -2.35. The van der Waals surface area contributed by atoms with Gasteiger partial charge in [-0.3, -0.25) is 14.2 Å². The molecule has 3 atom stereocenters. The number of anilines is 3. The Labute approximate surface area is 259 Å². The smallest absolute Gasteiger partial charge is 0.285 e. The number of rotatable bonds is 7. The number of fused-ring (bicyclic) bond motifs is 3. The van der Waals surface area contributed by atoms with Crippen LogP contribution in [0.2, 0.25) is 5.15 Å². The van der Waals surface area contributed by atoms with E-state index in [0.717, 1.165) is 35.9 Å². The Kier molecular flexibility index (Phi) is 7.44. The van der Waals surface area contributed by atoms with Crippen molar-refractivity contribution >= 4 is 56.0 Å². The number of hydrogen-bond donors (Lipinski definition) is 2. The van der Waals surface area contributed by atoms with Gasteiger partial charge in [0.25, 0.3) is 11.5 Å². The second kappa shape index (κ2) is 11.0. The fourth-order valence-corrected chi connectivity index (χ4v) is 6.65. The van der Waals surface area contributed by atoms with Crippen molar-refractivity contribution in [3.05, 3.63) is 74.6 Å². The van der Waals surface area contributed by atoms with E-state index >= 15 is 0 Å². The van der Waals surface area contributed by atoms with Gasteiger partial charge in [0.2, 0.25) is 21.9 Å². The van der Waals surface area contributed by atoms with Crippen LogP contribution in [0.4, 0.5) is 17.6 Å². The lowest BCUT2D eigenvalue weighted by atomic mass is 10.0. The van der Waals surface area contributed by atoms with Crippen LogP contribution < -0.4 is 25.4 Å². The van der Waals surface area contributed by atoms with E-state index < -0.39 is 22.0 Å². The number of carbonyl (C=O) groups excluding carboxylic acids is 1. The Hall–Kier alpha value is -4.30. The summed E-state index contributed by atoms with van der Waals surface area (Å²) in [5.41, 5.74) is 3.09. The monoisotopic (exact) mass is 637 g/mol. The number of aryl methyl sites for hydroxylation is 2. The van der Waals surface area contributed by atoms with Crippen molar-refractivity contribution in [3.63, 3.8) is 0 Å². The summed E-state index contributed by atoms with van der Waals surface area (Å²) in [5.74, 6) is 0.377. The van der Waals surface area contributed by atoms with Crippen molar-refractivity contribution in [2.45, 2.75) is 45.3 Å². The Bertz CT molecular complexity index is 1970. The second-order valence-corrected chi connectivity index (χ2v) is 13.7. The van der Waals surface area contributed by atoms with E-state index in [2.05, 4.69) is 30.1 Å². The molecule has 1 aromatic carbocycles. The van der Waals surface area contributed by atoms with Crippen LogP contribution in [-0.2, 0) is 17.1 Å². The third-order valence-electron chi connectivity index (χ3n) is 8.05. The summed E-state index contributed by atoms with van der Waals surface area (Å²) in [5, 5.41) is 3.77. The largest absolute Gasteiger partial charge is 0.377 e. The summed E-state index contributed by atoms with van der Waals surface area (Å²) >= 11 is 6.04. The Morgan fingerprint density at radius 3 is 2.39 bits per heavy atom. The molecule has 3 aromatic heterocycles. The predicted molar refractivity (Wildman–Crippen MR) is 169 cm³/mol. The average Bonchev–Trinajstić information content (AvgIpc) is 3.56. The number of sulfonamides is 1. The van der Waals surface area contributed by atoms with Crippen molar-refractivity contribution < 1.29 is 13.2 Å². The lowest BCUT2D eigenvalue weighted by Crippen LogP contribution is -2.48. The van der Waals surface area contributed by atoms with Crippen LogP contribution in [0.25, 0.3) is 10.9 Å². The molecule has 2 aliphatic heterocycles. The molecule has 0 aliphatic carbocycles. The molecule has 230 valence electrons. The minimum Gasteiger partial charge on any atom is -0.377 e. The Morgan fingerprint density at radius 2 is 1.73 bits per heavy atom. The number of amides is 1. The van der Waals surface area contributed by atoms with Gasteiger partial charge in [-0.25, -0.2) is 33.1 Å². The van der Waals surface area contributed by atoms with Gasteiger partial charge >= 0.3 is 0 Å². The van der Waals surface area contributed by atoms with Crippen LogP contribution in [-0.4, -0.2) is 70.3 Å². The van der Waals surface area contributed by atoms with Crippen LogP contribution in [0.15, 0.2) is 41.5 Å². The fraction of sp³-hybridized carbons (Fsp3) is 0.379. The SMILES string of the molecule is Cc1cnc(N2C[C@H]3C[C@@H]2CN3c2nc3c([C@@H](C)Nc4ccc(Cl)nc4C(=O)NS(C)(=O)=O)cc(C)cc3c(=O)n2C)nc1. The summed E-state index contributed by atoms with van der Waals surface area (Å²) in [6.07, 6.45) is 5.43. The summed E-state index contributed by atoms with van der Waals surface area (Å²) in [4.78, 5) is 49.1. The van der Waals surface area contributed by atoms with Gasteiger partial charge < -0.3 is 15.1 Å². The van der Waals surface area contributed by atoms with Crippen LogP contribution in [0, 0.1) is 13.8 Å². The number of aromatic nitrogens is 5. The zero-order valence-corrected chi connectivity index (χ0v) is 26.4. The molecule has 2 N–H and O–H groups in total. The van der Waals surface area contributed by atoms with Crippen molar-refractivity contribution in [3.8, 4) is 0 Å². The van der Waals surface area contributed by atoms with Gasteiger partial charge in [-0.2, -0.15) is 0 Å². The normalized spacial score (nSPS) is 18.6. The molecular formula is C29H32ClN9O4S. The molecule has 13 nitrogen and oxygen atoms in total. The highest BCUT2D eigenvalue weighted by Crippen LogP contribution is 2.36. The second-order valence-electron chi connectivity index (χ2n) is 11.5. The van der Waals surface area contributed by atoms with Crippen molar-refractivity contribution in [1.29, 1.82) is 0 Å². The van der Waals surface area contributed by atoms with Crippen molar-refractivity contribution in [2.75, 3.05) is 34.5 Å². The quantitative estimate of drug-likeness (QED) is 0.287. The summed E-state index contributed by atoms with van der Waals surface area (Å²) in [7, 11) is -2.09. The highest BCUT2D eigenvalue weighted by Gasteiger charge is 2.45. The number of hydrogen-bond acceptors (Lipinski definition) is 11. The molecule has 0 unspecified atom stereocenters. The van der Waals surface area contributed by atoms with E-state index in [1.54, 1.807) is 17.7 Å². The molecule has 0 radical (unpaired) electrons. The van der Waals surface area contributed by atoms with Crippen LogP contribution in [0.3, 0.4) is 0 Å². The van der Waals surface area contributed by atoms with Gasteiger partial charge in [0, 0.05) is 38.1 Å². The number of nitrogens with zero attached hydrogens (tertiary/aromatic N) is 7. The number of nitrogens with one attached hydrogen (secondary N) is 2. The Morgan fingerprint density at radius 1 is 1.05 bits per heavy atom. The fourth-order valence-electron chi connectivity index (χ4n) is 6.07. The third-order valence-corrected chi connectivity index (χ3v) is 8.81. The molecule has 1 amide bonds. The average molecular weight is 638 g/mol. The maximum absolute atomic E-state index is 13.7. The number of halogens is 1. The van der Waals surface area contributed by atoms with E-state index in [4.69, 9.17) is 16.6 Å². The molecule has 44 heavy (non-hydrogen) atoms. The first-order chi connectivity index (χ1) is 20.8. The molecule has 0 spiro atoms. The van der Waals surface area contributed by atoms with E-state index in [0.29, 0.717) is 29.3 Å². The maximum Gasteiger partial charge on any atom is 0.285 e. The van der Waals surface area contributed by atoms with E-state index in [-0.39, 0.29) is 34.2 Å².